The van der Waals surface area contributed by atoms with Crippen LogP contribution in [-0.4, -0.2) is 24.1 Å². The Morgan fingerprint density at radius 2 is 1.93 bits per heavy atom. The molecule has 0 bridgehead atoms. The number of para-hydroxylation sites is 1. The molecule has 3 aromatic rings. The van der Waals surface area contributed by atoms with Crippen molar-refractivity contribution in [3.8, 4) is 17.3 Å². The highest BCUT2D eigenvalue weighted by Gasteiger charge is 2.22. The Morgan fingerprint density at radius 3 is 2.61 bits per heavy atom. The van der Waals surface area contributed by atoms with Crippen LogP contribution in [0.1, 0.15) is 18.4 Å². The SMILES string of the molecule is N#Cc1ccc(-c2nc(N3CCC(N)CC3)sc2Nc2ccccc2)cc1F. The maximum Gasteiger partial charge on any atom is 0.187 e. The van der Waals surface area contributed by atoms with Gasteiger partial charge in [0, 0.05) is 30.4 Å². The van der Waals surface area contributed by atoms with Crippen molar-refractivity contribution in [2.75, 3.05) is 23.3 Å². The monoisotopic (exact) mass is 393 g/mol. The summed E-state index contributed by atoms with van der Waals surface area (Å²) in [6.07, 6.45) is 1.86. The Morgan fingerprint density at radius 1 is 1.18 bits per heavy atom. The number of rotatable bonds is 4. The molecule has 0 aliphatic carbocycles. The first-order chi connectivity index (χ1) is 13.6. The van der Waals surface area contributed by atoms with Gasteiger partial charge in [0.05, 0.1) is 5.56 Å². The lowest BCUT2D eigenvalue weighted by atomic mass is 10.1. The summed E-state index contributed by atoms with van der Waals surface area (Å²) < 4.78 is 14.2. The van der Waals surface area contributed by atoms with Crippen LogP contribution in [0.2, 0.25) is 0 Å². The van der Waals surface area contributed by atoms with Gasteiger partial charge in [0.2, 0.25) is 0 Å². The van der Waals surface area contributed by atoms with Gasteiger partial charge in [-0.1, -0.05) is 35.6 Å². The van der Waals surface area contributed by atoms with Crippen LogP contribution in [0.3, 0.4) is 0 Å². The molecule has 142 valence electrons. The van der Waals surface area contributed by atoms with Gasteiger partial charge in [-0.2, -0.15) is 5.26 Å². The molecule has 0 radical (unpaired) electrons. The van der Waals surface area contributed by atoms with Gasteiger partial charge in [0.15, 0.2) is 5.13 Å². The van der Waals surface area contributed by atoms with E-state index in [2.05, 4.69) is 10.2 Å². The molecule has 1 fully saturated rings. The lowest BCUT2D eigenvalue weighted by Gasteiger charge is -2.29. The predicted molar refractivity (Wildman–Crippen MR) is 111 cm³/mol. The van der Waals surface area contributed by atoms with Crippen molar-refractivity contribution in [3.63, 3.8) is 0 Å². The molecule has 1 saturated heterocycles. The molecule has 5 nitrogen and oxygen atoms in total. The van der Waals surface area contributed by atoms with Crippen LogP contribution in [0.4, 0.5) is 20.2 Å². The third-order valence-electron chi connectivity index (χ3n) is 4.82. The van der Waals surface area contributed by atoms with Gasteiger partial charge in [-0.15, -0.1) is 0 Å². The highest BCUT2D eigenvalue weighted by Crippen LogP contribution is 2.40. The van der Waals surface area contributed by atoms with Gasteiger partial charge < -0.3 is 16.0 Å². The molecular weight excluding hydrogens is 373 g/mol. The van der Waals surface area contributed by atoms with Crippen molar-refractivity contribution < 1.29 is 4.39 Å². The second-order valence-electron chi connectivity index (χ2n) is 6.80. The van der Waals surface area contributed by atoms with Crippen molar-refractivity contribution in [2.45, 2.75) is 18.9 Å². The molecule has 2 aromatic carbocycles. The van der Waals surface area contributed by atoms with E-state index in [0.29, 0.717) is 11.3 Å². The second kappa shape index (κ2) is 7.97. The molecule has 2 heterocycles. The third-order valence-corrected chi connectivity index (χ3v) is 5.85. The number of thiazole rings is 1. The highest BCUT2D eigenvalue weighted by atomic mass is 32.1. The Labute approximate surface area is 167 Å². The van der Waals surface area contributed by atoms with Gasteiger partial charge in [0.25, 0.3) is 0 Å². The molecule has 1 aromatic heterocycles. The molecule has 7 heteroatoms. The summed E-state index contributed by atoms with van der Waals surface area (Å²) in [7, 11) is 0. The topological polar surface area (TPSA) is 78.0 Å². The number of halogens is 1. The largest absolute Gasteiger partial charge is 0.348 e. The predicted octanol–water partition coefficient (Wildman–Crippen LogP) is 4.49. The number of nitrogens with one attached hydrogen (secondary N) is 1. The zero-order valence-corrected chi connectivity index (χ0v) is 16.0. The number of anilines is 3. The molecule has 0 unspecified atom stereocenters. The van der Waals surface area contributed by atoms with Crippen LogP contribution >= 0.6 is 11.3 Å². The van der Waals surface area contributed by atoms with Crippen molar-refractivity contribution in [1.29, 1.82) is 5.26 Å². The number of hydrogen-bond donors (Lipinski definition) is 2. The van der Waals surface area contributed by atoms with Gasteiger partial charge in [-0.3, -0.25) is 0 Å². The number of hydrogen-bond acceptors (Lipinski definition) is 6. The average Bonchev–Trinajstić information content (AvgIpc) is 3.13. The van der Waals surface area contributed by atoms with E-state index in [-0.39, 0.29) is 11.6 Å². The maximum absolute atomic E-state index is 14.2. The molecule has 1 aliphatic heterocycles. The second-order valence-corrected chi connectivity index (χ2v) is 7.77. The summed E-state index contributed by atoms with van der Waals surface area (Å²) in [5.74, 6) is -0.538. The van der Waals surface area contributed by atoms with Gasteiger partial charge in [-0.05, 0) is 37.1 Å². The summed E-state index contributed by atoms with van der Waals surface area (Å²) in [5, 5.41) is 14.1. The molecule has 0 atom stereocenters. The van der Waals surface area contributed by atoms with Crippen LogP contribution in [0.15, 0.2) is 48.5 Å². The van der Waals surface area contributed by atoms with Gasteiger partial charge in [-0.25, -0.2) is 9.37 Å². The van der Waals surface area contributed by atoms with Gasteiger partial charge >= 0.3 is 0 Å². The normalized spacial score (nSPS) is 14.7. The van der Waals surface area contributed by atoms with E-state index < -0.39 is 5.82 Å². The third kappa shape index (κ3) is 3.84. The minimum absolute atomic E-state index is 0.0294. The van der Waals surface area contributed by atoms with Crippen LogP contribution in [0, 0.1) is 17.1 Å². The number of piperidine rings is 1. The van der Waals surface area contributed by atoms with Crippen molar-refractivity contribution >= 4 is 27.2 Å². The Bertz CT molecular complexity index is 1000. The first kappa shape index (κ1) is 18.4. The van der Waals surface area contributed by atoms with E-state index >= 15 is 0 Å². The standard InChI is InChI=1S/C21H20FN5S/c22-18-12-14(6-7-15(18)13-23)19-20(25-17-4-2-1-3-5-17)28-21(26-19)27-10-8-16(24)9-11-27/h1-7,12,16,25H,8-11,24H2. The van der Waals surface area contributed by atoms with E-state index in [1.165, 1.54) is 12.1 Å². The summed E-state index contributed by atoms with van der Waals surface area (Å²) in [6, 6.07) is 16.5. The fourth-order valence-corrected chi connectivity index (χ4v) is 4.28. The molecular formula is C21H20FN5S. The zero-order chi connectivity index (χ0) is 19.5. The van der Waals surface area contributed by atoms with Crippen LogP contribution in [-0.2, 0) is 0 Å². The smallest absolute Gasteiger partial charge is 0.187 e. The average molecular weight is 393 g/mol. The summed E-state index contributed by atoms with van der Waals surface area (Å²) in [5.41, 5.74) is 8.32. The Hall–Kier alpha value is -2.95. The molecule has 3 N–H and O–H groups in total. The highest BCUT2D eigenvalue weighted by molar-refractivity contribution is 7.20. The molecule has 0 saturated carbocycles. The van der Waals surface area contributed by atoms with Crippen LogP contribution < -0.4 is 16.0 Å². The van der Waals surface area contributed by atoms with Gasteiger partial charge in [0.1, 0.15) is 22.6 Å². The lowest BCUT2D eigenvalue weighted by molar-refractivity contribution is 0.501. The minimum Gasteiger partial charge on any atom is -0.348 e. The number of nitrogens with zero attached hydrogens (tertiary/aromatic N) is 3. The summed E-state index contributed by atoms with van der Waals surface area (Å²) in [6.45, 7) is 1.72. The fourth-order valence-electron chi connectivity index (χ4n) is 3.22. The fraction of sp³-hybridized carbons (Fsp3) is 0.238. The van der Waals surface area contributed by atoms with E-state index in [9.17, 15) is 4.39 Å². The molecule has 0 spiro atoms. The molecule has 28 heavy (non-hydrogen) atoms. The Balaban J connectivity index is 1.72. The number of nitrogens with two attached hydrogens (primary N) is 1. The number of aromatic nitrogens is 1. The van der Waals surface area contributed by atoms with Crippen LogP contribution in [0.25, 0.3) is 11.3 Å². The summed E-state index contributed by atoms with van der Waals surface area (Å²) >= 11 is 1.55. The van der Waals surface area contributed by atoms with Crippen molar-refractivity contribution in [3.05, 3.63) is 59.9 Å². The van der Waals surface area contributed by atoms with E-state index in [1.54, 1.807) is 17.4 Å². The first-order valence-corrected chi connectivity index (χ1v) is 9.99. The maximum atomic E-state index is 14.2. The number of nitriles is 1. The zero-order valence-electron chi connectivity index (χ0n) is 15.2. The Kier molecular flexibility index (Phi) is 5.24. The minimum atomic E-state index is -0.538. The van der Waals surface area contributed by atoms with E-state index in [4.69, 9.17) is 16.0 Å². The number of benzene rings is 2. The quantitative estimate of drug-likeness (QED) is 0.683. The van der Waals surface area contributed by atoms with Crippen molar-refractivity contribution in [1.82, 2.24) is 4.98 Å². The lowest BCUT2D eigenvalue weighted by Crippen LogP contribution is -2.39. The first-order valence-electron chi connectivity index (χ1n) is 9.17. The summed E-state index contributed by atoms with van der Waals surface area (Å²) in [4.78, 5) is 7.04. The van der Waals surface area contributed by atoms with Crippen LogP contribution in [0.5, 0.6) is 0 Å². The van der Waals surface area contributed by atoms with Crippen molar-refractivity contribution in [2.24, 2.45) is 5.73 Å². The van der Waals surface area contributed by atoms with E-state index in [1.807, 2.05) is 36.4 Å². The molecule has 1 aliphatic rings. The molecule has 0 amide bonds. The molecule has 4 rings (SSSR count). The van der Waals surface area contributed by atoms with E-state index in [0.717, 1.165) is 41.8 Å².